The molecule has 3 aromatic rings. The van der Waals surface area contributed by atoms with E-state index in [0.29, 0.717) is 0 Å². The van der Waals surface area contributed by atoms with Gasteiger partial charge in [-0.05, 0) is 89.3 Å². The lowest BCUT2D eigenvalue weighted by Gasteiger charge is -2.29. The number of nitrogens with zero attached hydrogens (tertiary/aromatic N) is 1. The molecule has 182 valence electrons. The Kier molecular flexibility index (Phi) is 11.0. The third-order valence-corrected chi connectivity index (χ3v) is 14.3. The first-order valence-electron chi connectivity index (χ1n) is 12.9. The molecule has 0 aromatic heterocycles. The molecule has 0 spiro atoms. The molecule has 0 bridgehead atoms. The zero-order valence-electron chi connectivity index (χ0n) is 22.0. The summed E-state index contributed by atoms with van der Waals surface area (Å²) in [6.07, 6.45) is 7.47. The van der Waals surface area contributed by atoms with Crippen molar-refractivity contribution in [3.05, 3.63) is 72.8 Å². The monoisotopic (exact) mass is 509 g/mol. The normalized spacial score (nSPS) is 11.6. The van der Waals surface area contributed by atoms with E-state index in [-0.39, 0.29) is 23.8 Å². The highest BCUT2D eigenvalue weighted by atomic mass is 31.1. The van der Waals surface area contributed by atoms with Crippen LogP contribution in [0, 0.1) is 0 Å². The quantitative estimate of drug-likeness (QED) is 0.221. The second-order valence-electron chi connectivity index (χ2n) is 8.41. The van der Waals surface area contributed by atoms with E-state index in [0.717, 1.165) is 0 Å². The van der Waals surface area contributed by atoms with Crippen molar-refractivity contribution in [2.75, 3.05) is 41.9 Å². The molecule has 0 aliphatic heterocycles. The zero-order valence-corrected chi connectivity index (χ0v) is 24.6. The molecule has 34 heavy (non-hydrogen) atoms. The summed E-state index contributed by atoms with van der Waals surface area (Å²) >= 11 is 0. The molecule has 1 nitrogen and oxygen atoms in total. The molecular weight excluding hydrogens is 467 g/mol. The Hall–Kier alpha value is -1.25. The second-order valence-corrected chi connectivity index (χ2v) is 17.0. The van der Waals surface area contributed by atoms with Crippen LogP contribution in [0.5, 0.6) is 0 Å². The van der Waals surface area contributed by atoms with Crippen molar-refractivity contribution in [1.29, 1.82) is 0 Å². The van der Waals surface area contributed by atoms with Gasteiger partial charge in [-0.2, -0.15) is 0 Å². The fourth-order valence-electron chi connectivity index (χ4n) is 4.70. The van der Waals surface area contributed by atoms with Crippen molar-refractivity contribution < 1.29 is 0 Å². The highest BCUT2D eigenvalue weighted by molar-refractivity contribution is 7.66. The van der Waals surface area contributed by atoms with Crippen LogP contribution in [0.15, 0.2) is 72.8 Å². The molecule has 0 heterocycles. The van der Waals surface area contributed by atoms with Crippen molar-refractivity contribution in [2.45, 2.75) is 41.5 Å². The van der Waals surface area contributed by atoms with Gasteiger partial charge in [0.25, 0.3) is 0 Å². The van der Waals surface area contributed by atoms with Crippen LogP contribution < -0.4 is 20.8 Å². The summed E-state index contributed by atoms with van der Waals surface area (Å²) in [5.74, 6) is 0. The predicted molar refractivity (Wildman–Crippen MR) is 164 cm³/mol. The molecule has 4 heteroatoms. The van der Waals surface area contributed by atoms with Crippen LogP contribution in [-0.2, 0) is 0 Å². The number of rotatable bonds is 12. The number of anilines is 3. The van der Waals surface area contributed by atoms with Gasteiger partial charge in [-0.1, -0.05) is 102 Å². The summed E-state index contributed by atoms with van der Waals surface area (Å²) in [6.45, 7) is 14.0. The van der Waals surface area contributed by atoms with E-state index in [1.807, 2.05) is 0 Å². The lowest BCUT2D eigenvalue weighted by molar-refractivity contribution is 1.29. The minimum Gasteiger partial charge on any atom is -0.310 e. The predicted octanol–water partition coefficient (Wildman–Crippen LogP) is 8.60. The van der Waals surface area contributed by atoms with E-state index in [1.165, 1.54) is 69.9 Å². The Morgan fingerprint density at radius 1 is 0.441 bits per heavy atom. The minimum atomic E-state index is -0.0940. The molecule has 0 amide bonds. The minimum absolute atomic E-state index is 0.0940. The van der Waals surface area contributed by atoms with Crippen LogP contribution in [-0.4, -0.2) is 37.0 Å². The molecule has 3 rings (SSSR count). The molecule has 0 saturated heterocycles. The van der Waals surface area contributed by atoms with Crippen molar-refractivity contribution in [3.8, 4) is 0 Å². The summed E-state index contributed by atoms with van der Waals surface area (Å²) in [5, 5.41) is 4.55. The van der Waals surface area contributed by atoms with Crippen molar-refractivity contribution in [2.24, 2.45) is 0 Å². The Balaban J connectivity index is 2.17. The van der Waals surface area contributed by atoms with Crippen LogP contribution in [0.3, 0.4) is 0 Å². The van der Waals surface area contributed by atoms with Crippen LogP contribution in [0.1, 0.15) is 41.5 Å². The first kappa shape index (κ1) is 27.3. The lowest BCUT2D eigenvalue weighted by atomic mass is 10.2. The molecule has 0 saturated carbocycles. The Morgan fingerprint density at radius 2 is 0.706 bits per heavy atom. The Bertz CT molecular complexity index is 891. The molecule has 0 radical (unpaired) electrons. The highest BCUT2D eigenvalue weighted by Gasteiger charge is 2.18. The highest BCUT2D eigenvalue weighted by Crippen LogP contribution is 2.41. The van der Waals surface area contributed by atoms with Gasteiger partial charge < -0.3 is 4.90 Å². The summed E-state index contributed by atoms with van der Waals surface area (Å²) in [4.78, 5) is 2.51. The van der Waals surface area contributed by atoms with Gasteiger partial charge in [-0.15, -0.1) is 0 Å². The molecule has 0 unspecified atom stereocenters. The topological polar surface area (TPSA) is 3.24 Å². The lowest BCUT2D eigenvalue weighted by Crippen LogP contribution is -2.17. The molecule has 0 atom stereocenters. The number of benzene rings is 3. The molecular formula is C30H42NP3. The molecule has 3 aromatic carbocycles. The summed E-state index contributed by atoms with van der Waals surface area (Å²) < 4.78 is 0. The molecule has 0 fully saturated rings. The van der Waals surface area contributed by atoms with Crippen molar-refractivity contribution in [1.82, 2.24) is 0 Å². The second kappa shape index (κ2) is 13.7. The molecule has 0 aliphatic rings. The maximum absolute atomic E-state index is 2.51. The summed E-state index contributed by atoms with van der Waals surface area (Å²) in [6, 6.07) is 28.1. The van der Waals surface area contributed by atoms with Gasteiger partial charge in [0, 0.05) is 17.1 Å². The average molecular weight is 510 g/mol. The third kappa shape index (κ3) is 6.49. The zero-order chi connectivity index (χ0) is 24.5. The third-order valence-electron chi connectivity index (χ3n) is 6.65. The van der Waals surface area contributed by atoms with E-state index in [2.05, 4.69) is 119 Å². The van der Waals surface area contributed by atoms with E-state index in [1.54, 1.807) is 0 Å². The van der Waals surface area contributed by atoms with Gasteiger partial charge in [-0.3, -0.25) is 0 Å². The SMILES string of the molecule is CCP(CC)c1cccc(N(c2cccc(P(CC)CC)c2)c2cccc(P(CC)CC)c2)c1. The van der Waals surface area contributed by atoms with Crippen LogP contribution in [0.2, 0.25) is 0 Å². The summed E-state index contributed by atoms with van der Waals surface area (Å²) in [7, 11) is -0.282. The van der Waals surface area contributed by atoms with Gasteiger partial charge in [0.1, 0.15) is 0 Å². The van der Waals surface area contributed by atoms with Crippen LogP contribution in [0.25, 0.3) is 0 Å². The fourth-order valence-corrected chi connectivity index (χ4v) is 10.1. The van der Waals surface area contributed by atoms with E-state index >= 15 is 0 Å². The van der Waals surface area contributed by atoms with Gasteiger partial charge in [0.15, 0.2) is 0 Å². The average Bonchev–Trinajstić information content (AvgIpc) is 2.87. The fraction of sp³-hybridized carbons (Fsp3) is 0.400. The number of hydrogen-bond acceptors (Lipinski definition) is 1. The first-order valence-corrected chi connectivity index (χ1v) is 18.1. The smallest absolute Gasteiger partial charge is 0.0467 e. The Labute approximate surface area is 212 Å². The van der Waals surface area contributed by atoms with Crippen LogP contribution in [0.4, 0.5) is 17.1 Å². The number of hydrogen-bond donors (Lipinski definition) is 0. The van der Waals surface area contributed by atoms with E-state index in [9.17, 15) is 0 Å². The van der Waals surface area contributed by atoms with E-state index < -0.39 is 0 Å². The summed E-state index contributed by atoms with van der Waals surface area (Å²) in [5.41, 5.74) is 3.86. The van der Waals surface area contributed by atoms with Crippen molar-refractivity contribution in [3.63, 3.8) is 0 Å². The van der Waals surface area contributed by atoms with Gasteiger partial charge >= 0.3 is 0 Å². The van der Waals surface area contributed by atoms with E-state index in [4.69, 9.17) is 0 Å². The maximum Gasteiger partial charge on any atom is 0.0467 e. The van der Waals surface area contributed by atoms with Crippen LogP contribution >= 0.6 is 23.8 Å². The maximum atomic E-state index is 2.51. The Morgan fingerprint density at radius 3 is 0.941 bits per heavy atom. The first-order chi connectivity index (χ1) is 16.6. The van der Waals surface area contributed by atoms with Gasteiger partial charge in [0.2, 0.25) is 0 Å². The molecule has 0 aliphatic carbocycles. The standard InChI is InChI=1S/C30H42NP3/c1-7-32(8-2)28-19-13-16-25(22-28)31(26-17-14-20-29(23-26)33(9-3)10-4)27-18-15-21-30(24-27)34(11-5)12-6/h13-24H,7-12H2,1-6H3. The van der Waals surface area contributed by atoms with Crippen molar-refractivity contribution >= 4 is 56.7 Å². The molecule has 0 N–H and O–H groups in total. The largest absolute Gasteiger partial charge is 0.310 e. The van der Waals surface area contributed by atoms with Gasteiger partial charge in [0.05, 0.1) is 0 Å². The van der Waals surface area contributed by atoms with Gasteiger partial charge in [-0.25, -0.2) is 0 Å².